The molecule has 8 nitrogen and oxygen atoms in total. The first kappa shape index (κ1) is 24.8. The minimum atomic E-state index is -1.82. The van der Waals surface area contributed by atoms with Crippen molar-refractivity contribution in [2.24, 2.45) is 0 Å². The lowest BCUT2D eigenvalue weighted by Gasteiger charge is -2.36. The summed E-state index contributed by atoms with van der Waals surface area (Å²) in [6, 6.07) is 13.6. The maximum atomic E-state index is 9.78. The van der Waals surface area contributed by atoms with Gasteiger partial charge < -0.3 is 25.3 Å². The van der Waals surface area contributed by atoms with Crippen molar-refractivity contribution in [3.8, 4) is 6.07 Å². The Balaban J connectivity index is 0.000000501. The minimum Gasteiger partial charge on any atom is -0.473 e. The molecular weight excluding hydrogens is 396 g/mol. The van der Waals surface area contributed by atoms with Crippen LogP contribution in [0.15, 0.2) is 30.3 Å². The van der Waals surface area contributed by atoms with Crippen LogP contribution < -0.4 is 5.32 Å². The highest BCUT2D eigenvalue weighted by Gasteiger charge is 2.36. The summed E-state index contributed by atoms with van der Waals surface area (Å²) in [6.07, 6.45) is 5.39. The molecule has 1 aromatic carbocycles. The van der Waals surface area contributed by atoms with Crippen LogP contribution in [0.25, 0.3) is 0 Å². The van der Waals surface area contributed by atoms with Crippen molar-refractivity contribution in [2.75, 3.05) is 46.3 Å². The van der Waals surface area contributed by atoms with Gasteiger partial charge >= 0.3 is 11.9 Å². The van der Waals surface area contributed by atoms with Crippen molar-refractivity contribution in [1.82, 2.24) is 15.1 Å². The third-order valence-corrected chi connectivity index (χ3v) is 6.24. The van der Waals surface area contributed by atoms with Crippen molar-refractivity contribution >= 4 is 11.9 Å². The fraction of sp³-hybridized carbons (Fsp3) is 0.609. The second kappa shape index (κ2) is 12.4. The minimum absolute atomic E-state index is 0.265. The number of nitriles is 1. The number of carboxylic acids is 2. The van der Waals surface area contributed by atoms with E-state index in [0.29, 0.717) is 6.04 Å². The summed E-state index contributed by atoms with van der Waals surface area (Å²) in [4.78, 5) is 23.2. The molecule has 31 heavy (non-hydrogen) atoms. The van der Waals surface area contributed by atoms with Crippen LogP contribution >= 0.6 is 0 Å². The van der Waals surface area contributed by atoms with Crippen LogP contribution in [-0.2, 0) is 15.0 Å². The van der Waals surface area contributed by atoms with Crippen LogP contribution in [0.5, 0.6) is 0 Å². The summed E-state index contributed by atoms with van der Waals surface area (Å²) in [6.45, 7) is 7.13. The maximum Gasteiger partial charge on any atom is 0.414 e. The standard InChI is InChI=1S/C21H32N4.C2H2O4/c1-24-14-16-25(17-15-24)13-5-12-23-20-8-10-21(18-22,11-9-20)19-6-3-2-4-7-19;3-1(4)2(5)6/h2-4,6-7,20,23H,5,8-17H2,1H3;(H,3,4)(H,5,6). The Bertz CT molecular complexity index is 722. The molecule has 0 aromatic heterocycles. The summed E-state index contributed by atoms with van der Waals surface area (Å²) < 4.78 is 0. The Morgan fingerprint density at radius 2 is 1.68 bits per heavy atom. The van der Waals surface area contributed by atoms with E-state index in [9.17, 15) is 5.26 Å². The normalized spacial score (nSPS) is 24.5. The highest BCUT2D eigenvalue weighted by Crippen LogP contribution is 2.38. The van der Waals surface area contributed by atoms with Gasteiger partial charge in [-0.15, -0.1) is 0 Å². The molecule has 0 radical (unpaired) electrons. The molecule has 0 spiro atoms. The average Bonchev–Trinajstić information content (AvgIpc) is 2.79. The number of nitrogens with one attached hydrogen (secondary N) is 1. The van der Waals surface area contributed by atoms with Crippen LogP contribution in [0.2, 0.25) is 0 Å². The second-order valence-corrected chi connectivity index (χ2v) is 8.40. The summed E-state index contributed by atoms with van der Waals surface area (Å²) in [5.74, 6) is -3.65. The molecule has 3 rings (SSSR count). The Hall–Kier alpha value is -2.47. The number of rotatable bonds is 6. The Morgan fingerprint density at radius 3 is 2.19 bits per heavy atom. The lowest BCUT2D eigenvalue weighted by Crippen LogP contribution is -2.45. The van der Waals surface area contributed by atoms with Gasteiger partial charge in [-0.1, -0.05) is 30.3 Å². The smallest absolute Gasteiger partial charge is 0.414 e. The van der Waals surface area contributed by atoms with Gasteiger partial charge in [-0.2, -0.15) is 5.26 Å². The van der Waals surface area contributed by atoms with Crippen LogP contribution in [0.4, 0.5) is 0 Å². The third kappa shape index (κ3) is 7.94. The van der Waals surface area contributed by atoms with E-state index in [4.69, 9.17) is 19.8 Å². The molecule has 2 fully saturated rings. The molecule has 2 aliphatic rings. The number of likely N-dealkylation sites (N-methyl/N-ethyl adjacent to an activating group) is 1. The first-order valence-corrected chi connectivity index (χ1v) is 10.9. The average molecular weight is 431 g/mol. The SMILES string of the molecule is CN1CCN(CCCNC2CCC(C#N)(c3ccccc3)CC2)CC1.O=C(O)C(=O)O. The molecule has 1 aromatic rings. The van der Waals surface area contributed by atoms with Crippen LogP contribution in [0.1, 0.15) is 37.7 Å². The van der Waals surface area contributed by atoms with Gasteiger partial charge in [-0.05, 0) is 57.8 Å². The Labute approximate surface area is 184 Å². The second-order valence-electron chi connectivity index (χ2n) is 8.40. The van der Waals surface area contributed by atoms with Crippen molar-refractivity contribution < 1.29 is 19.8 Å². The molecule has 170 valence electrons. The quantitative estimate of drug-likeness (QED) is 0.462. The zero-order chi connectivity index (χ0) is 22.7. The van der Waals surface area contributed by atoms with Gasteiger partial charge in [-0.25, -0.2) is 9.59 Å². The molecule has 0 amide bonds. The molecule has 0 atom stereocenters. The van der Waals surface area contributed by atoms with E-state index in [-0.39, 0.29) is 5.41 Å². The summed E-state index contributed by atoms with van der Waals surface area (Å²) >= 11 is 0. The molecule has 1 aliphatic heterocycles. The van der Waals surface area contributed by atoms with Crippen molar-refractivity contribution in [2.45, 2.75) is 43.6 Å². The summed E-state index contributed by atoms with van der Waals surface area (Å²) in [7, 11) is 2.21. The van der Waals surface area contributed by atoms with E-state index in [0.717, 1.165) is 32.2 Å². The molecular formula is C23H34N4O4. The molecule has 1 saturated carbocycles. The zero-order valence-electron chi connectivity index (χ0n) is 18.3. The van der Waals surface area contributed by atoms with Crippen molar-refractivity contribution in [3.05, 3.63) is 35.9 Å². The molecule has 1 aliphatic carbocycles. The monoisotopic (exact) mass is 430 g/mol. The number of carboxylic acid groups (broad SMARTS) is 2. The molecule has 1 heterocycles. The van der Waals surface area contributed by atoms with E-state index in [2.05, 4.69) is 52.5 Å². The van der Waals surface area contributed by atoms with Crippen molar-refractivity contribution in [3.63, 3.8) is 0 Å². The lowest BCUT2D eigenvalue weighted by molar-refractivity contribution is -0.159. The summed E-state index contributed by atoms with van der Waals surface area (Å²) in [5, 5.41) is 28.3. The van der Waals surface area contributed by atoms with Crippen LogP contribution in [-0.4, -0.2) is 84.3 Å². The van der Waals surface area contributed by atoms with E-state index in [1.54, 1.807) is 0 Å². The van der Waals surface area contributed by atoms with E-state index in [1.807, 2.05) is 6.07 Å². The molecule has 0 bridgehead atoms. The lowest BCUT2D eigenvalue weighted by atomic mass is 9.69. The molecule has 8 heteroatoms. The summed E-state index contributed by atoms with van der Waals surface area (Å²) in [5.41, 5.74) is 0.935. The highest BCUT2D eigenvalue weighted by atomic mass is 16.4. The first-order valence-electron chi connectivity index (χ1n) is 10.9. The van der Waals surface area contributed by atoms with Crippen LogP contribution in [0.3, 0.4) is 0 Å². The van der Waals surface area contributed by atoms with Gasteiger partial charge in [0.05, 0.1) is 11.5 Å². The van der Waals surface area contributed by atoms with Crippen LogP contribution in [0, 0.1) is 11.3 Å². The third-order valence-electron chi connectivity index (χ3n) is 6.24. The number of nitrogens with zero attached hydrogens (tertiary/aromatic N) is 3. The predicted octanol–water partition coefficient (Wildman–Crippen LogP) is 1.77. The Kier molecular flexibility index (Phi) is 9.92. The van der Waals surface area contributed by atoms with Gasteiger partial charge in [-0.3, -0.25) is 0 Å². The Morgan fingerprint density at radius 1 is 1.10 bits per heavy atom. The maximum absolute atomic E-state index is 9.78. The van der Waals surface area contributed by atoms with Crippen molar-refractivity contribution in [1.29, 1.82) is 5.26 Å². The predicted molar refractivity (Wildman–Crippen MR) is 118 cm³/mol. The topological polar surface area (TPSA) is 117 Å². The van der Waals surface area contributed by atoms with E-state index < -0.39 is 11.9 Å². The van der Waals surface area contributed by atoms with Gasteiger partial charge in [0, 0.05) is 32.2 Å². The van der Waals surface area contributed by atoms with Gasteiger partial charge in [0.1, 0.15) is 0 Å². The number of piperazine rings is 1. The molecule has 1 saturated heterocycles. The number of aliphatic carboxylic acids is 2. The van der Waals surface area contributed by atoms with Gasteiger partial charge in [0.25, 0.3) is 0 Å². The highest BCUT2D eigenvalue weighted by molar-refractivity contribution is 6.27. The number of hydrogen-bond donors (Lipinski definition) is 3. The molecule has 3 N–H and O–H groups in total. The van der Waals surface area contributed by atoms with Gasteiger partial charge in [0.2, 0.25) is 0 Å². The van der Waals surface area contributed by atoms with Gasteiger partial charge in [0.15, 0.2) is 0 Å². The fourth-order valence-corrected chi connectivity index (χ4v) is 4.22. The number of benzene rings is 1. The number of hydrogen-bond acceptors (Lipinski definition) is 6. The number of carbonyl (C=O) groups is 2. The fourth-order valence-electron chi connectivity index (χ4n) is 4.22. The van der Waals surface area contributed by atoms with E-state index >= 15 is 0 Å². The molecule has 0 unspecified atom stereocenters. The first-order chi connectivity index (χ1) is 14.9. The zero-order valence-corrected chi connectivity index (χ0v) is 18.3. The largest absolute Gasteiger partial charge is 0.473 e. The van der Waals surface area contributed by atoms with E-state index in [1.165, 1.54) is 44.7 Å².